The predicted molar refractivity (Wildman–Crippen MR) is 84.3 cm³/mol. The molecule has 1 fully saturated rings. The summed E-state index contributed by atoms with van der Waals surface area (Å²) in [6, 6.07) is 5.59. The maximum absolute atomic E-state index is 11.9. The fourth-order valence-corrected chi connectivity index (χ4v) is 2.98. The van der Waals surface area contributed by atoms with Crippen LogP contribution in [0.2, 0.25) is 0 Å². The van der Waals surface area contributed by atoms with Gasteiger partial charge in [0.25, 0.3) is 0 Å². The Hall–Kier alpha value is -1.14. The first-order valence-electron chi connectivity index (χ1n) is 6.19. The zero-order chi connectivity index (χ0) is 13.8. The topological polar surface area (TPSA) is 58.4 Å². The van der Waals surface area contributed by atoms with Gasteiger partial charge in [0, 0.05) is 28.8 Å². The summed E-state index contributed by atoms with van der Waals surface area (Å²) in [5, 5.41) is 3.12. The molecule has 1 aliphatic heterocycles. The molecule has 0 aromatic heterocycles. The summed E-state index contributed by atoms with van der Waals surface area (Å²) >= 11 is 8.36. The number of nitrogens with zero attached hydrogens (tertiary/aromatic N) is 1. The standard InChI is InChI=1S/C13H16BrN3OS/c14-11-7-9(3-4-10(11)13(15)19)16-8-12(18)17-5-1-2-6-17/h3-4,7,16H,1-2,5-6,8H2,(H2,15,19). The van der Waals surface area contributed by atoms with Crippen LogP contribution in [0.15, 0.2) is 22.7 Å². The Balaban J connectivity index is 1.94. The van der Waals surface area contributed by atoms with Crippen LogP contribution < -0.4 is 11.1 Å². The molecule has 19 heavy (non-hydrogen) atoms. The van der Waals surface area contributed by atoms with E-state index in [0.717, 1.165) is 41.7 Å². The molecule has 1 aromatic rings. The van der Waals surface area contributed by atoms with Crippen molar-refractivity contribution in [1.82, 2.24) is 4.90 Å². The Morgan fingerprint density at radius 3 is 2.68 bits per heavy atom. The number of nitrogens with one attached hydrogen (secondary N) is 1. The minimum atomic E-state index is 0.145. The highest BCUT2D eigenvalue weighted by Gasteiger charge is 2.17. The average molecular weight is 342 g/mol. The first-order chi connectivity index (χ1) is 9.08. The second-order valence-corrected chi connectivity index (χ2v) is 5.79. The van der Waals surface area contributed by atoms with Crippen molar-refractivity contribution in [3.8, 4) is 0 Å². The molecule has 4 nitrogen and oxygen atoms in total. The SMILES string of the molecule is NC(=S)c1ccc(NCC(=O)N2CCCC2)cc1Br. The number of anilines is 1. The number of carbonyl (C=O) groups excluding carboxylic acids is 1. The van der Waals surface area contributed by atoms with Crippen molar-refractivity contribution in [3.05, 3.63) is 28.2 Å². The summed E-state index contributed by atoms with van der Waals surface area (Å²) in [6.45, 7) is 2.08. The van der Waals surface area contributed by atoms with Gasteiger partial charge in [-0.3, -0.25) is 4.79 Å². The summed E-state index contributed by atoms with van der Waals surface area (Å²) in [5.41, 5.74) is 7.26. The van der Waals surface area contributed by atoms with Gasteiger partial charge in [-0.05, 0) is 47.0 Å². The molecule has 1 aromatic carbocycles. The number of hydrogen-bond donors (Lipinski definition) is 2. The number of rotatable bonds is 4. The molecule has 1 aliphatic rings. The molecule has 1 saturated heterocycles. The first kappa shape index (κ1) is 14.3. The second-order valence-electron chi connectivity index (χ2n) is 4.50. The molecule has 102 valence electrons. The van der Waals surface area contributed by atoms with Crippen molar-refractivity contribution in [3.63, 3.8) is 0 Å². The third-order valence-corrected chi connectivity index (χ3v) is 4.01. The molecule has 0 atom stereocenters. The Bertz CT molecular complexity index is 501. The number of nitrogens with two attached hydrogens (primary N) is 1. The van der Waals surface area contributed by atoms with Gasteiger partial charge in [-0.25, -0.2) is 0 Å². The number of amides is 1. The van der Waals surface area contributed by atoms with Gasteiger partial charge >= 0.3 is 0 Å². The van der Waals surface area contributed by atoms with Gasteiger partial charge in [0.1, 0.15) is 4.99 Å². The average Bonchev–Trinajstić information content (AvgIpc) is 2.89. The van der Waals surface area contributed by atoms with Crippen molar-refractivity contribution in [1.29, 1.82) is 0 Å². The monoisotopic (exact) mass is 341 g/mol. The van der Waals surface area contributed by atoms with Crippen LogP contribution in [0, 0.1) is 0 Å². The van der Waals surface area contributed by atoms with Crippen LogP contribution in [0.4, 0.5) is 5.69 Å². The van der Waals surface area contributed by atoms with Crippen LogP contribution in [-0.2, 0) is 4.79 Å². The van der Waals surface area contributed by atoms with Crippen LogP contribution in [0.25, 0.3) is 0 Å². The smallest absolute Gasteiger partial charge is 0.241 e. The van der Waals surface area contributed by atoms with Gasteiger partial charge in [-0.2, -0.15) is 0 Å². The van der Waals surface area contributed by atoms with E-state index in [-0.39, 0.29) is 5.91 Å². The van der Waals surface area contributed by atoms with Gasteiger partial charge in [0.05, 0.1) is 6.54 Å². The molecule has 1 amide bonds. The molecule has 0 spiro atoms. The molecular formula is C13H16BrN3OS. The Morgan fingerprint density at radius 1 is 1.42 bits per heavy atom. The molecule has 0 saturated carbocycles. The highest BCUT2D eigenvalue weighted by Crippen LogP contribution is 2.21. The van der Waals surface area contributed by atoms with E-state index in [4.69, 9.17) is 18.0 Å². The normalized spacial score (nSPS) is 14.5. The number of likely N-dealkylation sites (tertiary alicyclic amines) is 1. The fraction of sp³-hybridized carbons (Fsp3) is 0.385. The summed E-state index contributed by atoms with van der Waals surface area (Å²) < 4.78 is 0.832. The molecule has 6 heteroatoms. The van der Waals surface area contributed by atoms with E-state index < -0.39 is 0 Å². The highest BCUT2D eigenvalue weighted by atomic mass is 79.9. The summed E-state index contributed by atoms with van der Waals surface area (Å²) in [4.78, 5) is 14.1. The van der Waals surface area contributed by atoms with E-state index in [1.807, 2.05) is 23.1 Å². The number of carbonyl (C=O) groups is 1. The van der Waals surface area contributed by atoms with Crippen LogP contribution in [0.1, 0.15) is 18.4 Å². The molecule has 0 radical (unpaired) electrons. The first-order valence-corrected chi connectivity index (χ1v) is 7.39. The maximum atomic E-state index is 11.9. The molecule has 2 rings (SSSR count). The van der Waals surface area contributed by atoms with E-state index in [1.165, 1.54) is 0 Å². The second kappa shape index (κ2) is 6.34. The van der Waals surface area contributed by atoms with Gasteiger partial charge in [0.15, 0.2) is 0 Å². The van der Waals surface area contributed by atoms with Gasteiger partial charge in [-0.1, -0.05) is 12.2 Å². The van der Waals surface area contributed by atoms with Crippen molar-refractivity contribution < 1.29 is 4.79 Å². The summed E-state index contributed by atoms with van der Waals surface area (Å²) in [6.07, 6.45) is 2.22. The van der Waals surface area contributed by atoms with Gasteiger partial charge < -0.3 is 16.0 Å². The lowest BCUT2D eigenvalue weighted by Crippen LogP contribution is -2.32. The zero-order valence-corrected chi connectivity index (χ0v) is 12.9. The third kappa shape index (κ3) is 3.67. The maximum Gasteiger partial charge on any atom is 0.241 e. The van der Waals surface area contributed by atoms with Crippen LogP contribution >= 0.6 is 28.1 Å². The fourth-order valence-electron chi connectivity index (χ4n) is 2.08. The van der Waals surface area contributed by atoms with Crippen molar-refractivity contribution in [2.24, 2.45) is 5.73 Å². The van der Waals surface area contributed by atoms with Gasteiger partial charge in [-0.15, -0.1) is 0 Å². The van der Waals surface area contributed by atoms with E-state index in [1.54, 1.807) is 0 Å². The Labute approximate surface area is 126 Å². The summed E-state index contributed by atoms with van der Waals surface area (Å²) in [5.74, 6) is 0.145. The molecule has 3 N–H and O–H groups in total. The Morgan fingerprint density at radius 2 is 2.11 bits per heavy atom. The molecule has 1 heterocycles. The molecular weight excluding hydrogens is 326 g/mol. The van der Waals surface area contributed by atoms with E-state index in [2.05, 4.69) is 21.2 Å². The number of thiocarbonyl (C=S) groups is 1. The minimum Gasteiger partial charge on any atom is -0.389 e. The van der Waals surface area contributed by atoms with E-state index in [9.17, 15) is 4.79 Å². The molecule has 0 unspecified atom stereocenters. The van der Waals surface area contributed by atoms with Gasteiger partial charge in [0.2, 0.25) is 5.91 Å². The number of halogens is 1. The largest absolute Gasteiger partial charge is 0.389 e. The minimum absolute atomic E-state index is 0.145. The lowest BCUT2D eigenvalue weighted by atomic mass is 10.2. The highest BCUT2D eigenvalue weighted by molar-refractivity contribution is 9.10. The van der Waals surface area contributed by atoms with Crippen LogP contribution in [0.3, 0.4) is 0 Å². The van der Waals surface area contributed by atoms with Crippen molar-refractivity contribution in [2.45, 2.75) is 12.8 Å². The zero-order valence-electron chi connectivity index (χ0n) is 10.5. The van der Waals surface area contributed by atoms with Crippen LogP contribution in [-0.4, -0.2) is 35.4 Å². The van der Waals surface area contributed by atoms with Crippen molar-refractivity contribution in [2.75, 3.05) is 25.0 Å². The van der Waals surface area contributed by atoms with E-state index in [0.29, 0.717) is 11.5 Å². The van der Waals surface area contributed by atoms with E-state index >= 15 is 0 Å². The van der Waals surface area contributed by atoms with Crippen LogP contribution in [0.5, 0.6) is 0 Å². The third-order valence-electron chi connectivity index (χ3n) is 3.14. The molecule has 0 bridgehead atoms. The Kier molecular flexibility index (Phi) is 4.76. The molecule has 0 aliphatic carbocycles. The lowest BCUT2D eigenvalue weighted by molar-refractivity contribution is -0.128. The number of benzene rings is 1. The number of hydrogen-bond acceptors (Lipinski definition) is 3. The summed E-state index contributed by atoms with van der Waals surface area (Å²) in [7, 11) is 0. The van der Waals surface area contributed by atoms with Crippen molar-refractivity contribution >= 4 is 44.7 Å². The lowest BCUT2D eigenvalue weighted by Gasteiger charge is -2.16. The quantitative estimate of drug-likeness (QED) is 0.823. The predicted octanol–water partition coefficient (Wildman–Crippen LogP) is 2.12.